The Labute approximate surface area is 556 Å². The Balaban J connectivity index is 2.04. The van der Waals surface area contributed by atoms with Crippen molar-refractivity contribution in [3.05, 3.63) is 71.9 Å². The van der Waals surface area contributed by atoms with Crippen molar-refractivity contribution in [1.29, 1.82) is 0 Å². The second-order valence-electron chi connectivity index (χ2n) is 23.7. The Morgan fingerprint density at radius 3 is 1.25 bits per heavy atom. The van der Waals surface area contributed by atoms with Crippen LogP contribution in [0.1, 0.15) is 148 Å². The molecule has 0 bridgehead atoms. The third-order valence-electron chi connectivity index (χ3n) is 16.1. The first-order valence-electron chi connectivity index (χ1n) is 32.7. The number of benzene rings is 2. The number of aliphatic carboxylic acids is 1. The van der Waals surface area contributed by atoms with Gasteiger partial charge in [-0.1, -0.05) is 122 Å². The number of nitrogens with one attached hydrogen (secondary N) is 9. The lowest BCUT2D eigenvalue weighted by atomic mass is 9.95. The van der Waals surface area contributed by atoms with E-state index in [0.29, 0.717) is 24.8 Å². The van der Waals surface area contributed by atoms with E-state index in [1.807, 2.05) is 54.6 Å². The quantitative estimate of drug-likeness (QED) is 0.0194. The van der Waals surface area contributed by atoms with Crippen LogP contribution >= 0.6 is 0 Å². The topological polar surface area (TPSA) is 543 Å². The first-order chi connectivity index (χ1) is 45.3. The van der Waals surface area contributed by atoms with Crippen molar-refractivity contribution in [2.24, 2.45) is 77.7 Å². The van der Waals surface area contributed by atoms with Gasteiger partial charge in [-0.05, 0) is 86.8 Å². The fourth-order valence-corrected chi connectivity index (χ4v) is 10.3. The van der Waals surface area contributed by atoms with Crippen molar-refractivity contribution in [3.63, 3.8) is 0 Å². The number of nitrogens with two attached hydrogens (primary N) is 8. The molecule has 3 rings (SSSR count). The fraction of sp³-hybridized carbons (Fsp3) is 0.578. The zero-order chi connectivity index (χ0) is 70.4. The van der Waals surface area contributed by atoms with Crippen LogP contribution in [0.2, 0.25) is 0 Å². The largest absolute Gasteiger partial charge is 0.480 e. The second-order valence-corrected chi connectivity index (χ2v) is 23.7. The highest BCUT2D eigenvalue weighted by Crippen LogP contribution is 2.21. The molecule has 1 aromatic heterocycles. The number of hydrogen-bond acceptors (Lipinski definition) is 13. The number of para-hydroxylation sites is 1. The number of rotatable bonds is 46. The Bertz CT molecular complexity index is 3050. The van der Waals surface area contributed by atoms with E-state index in [-0.39, 0.29) is 127 Å². The number of amides is 8. The minimum Gasteiger partial charge on any atom is -0.480 e. The van der Waals surface area contributed by atoms with Gasteiger partial charge in [0.1, 0.15) is 48.3 Å². The third-order valence-corrected chi connectivity index (χ3v) is 16.1. The summed E-state index contributed by atoms with van der Waals surface area (Å²) < 4.78 is 0. The first-order valence-corrected chi connectivity index (χ1v) is 32.7. The second kappa shape index (κ2) is 43.2. The molecule has 8 amide bonds. The summed E-state index contributed by atoms with van der Waals surface area (Å²) in [5, 5.41) is 33.0. The number of carboxylic acids is 1. The Kier molecular flexibility index (Phi) is 36.2. The zero-order valence-corrected chi connectivity index (χ0v) is 55.6. The Hall–Kier alpha value is -9.71. The molecule has 0 fully saturated rings. The van der Waals surface area contributed by atoms with E-state index in [2.05, 4.69) is 74.4 Å². The number of aromatic amines is 1. The normalized spacial score (nSPS) is 14.2. The number of guanidine groups is 4. The summed E-state index contributed by atoms with van der Waals surface area (Å²) in [5.41, 5.74) is 46.6. The molecule has 10 atom stereocenters. The number of aliphatic imine (C=N–C) groups is 4. The smallest absolute Gasteiger partial charge is 0.326 e. The van der Waals surface area contributed by atoms with E-state index in [4.69, 9.17) is 45.9 Å². The average Bonchev–Trinajstić information content (AvgIpc) is 1.75. The first kappa shape index (κ1) is 79.5. The summed E-state index contributed by atoms with van der Waals surface area (Å²) in [7, 11) is 0. The molecule has 0 aliphatic rings. The summed E-state index contributed by atoms with van der Waals surface area (Å²) >= 11 is 0. The number of nitrogens with zero attached hydrogens (tertiary/aromatic N) is 4. The average molecular weight is 1330 g/mol. The SMILES string of the molecule is CCCCCCCC(=O)N[C@@H](Cc1ccccc1)C(=O)N[C@@H](Cc1c[nH]c2ccccc12)C(=O)N[C@@H](CCCN=C(N)N)C(=O)N[C@H](C(=O)N[C@@H](CCCN=C(N)N)C(=O)N[C@H](C(=O)N[C@@H](CCCN=C(N)N)C(=O)N[C@@H](CCCN=C(N)N)C(=O)O)[C@@H](C)CC)[C@@H](C)CC. The molecule has 31 heteroatoms. The lowest BCUT2D eigenvalue weighted by Crippen LogP contribution is -2.62. The zero-order valence-electron chi connectivity index (χ0n) is 55.6. The molecule has 0 aliphatic carbocycles. The fourth-order valence-electron chi connectivity index (χ4n) is 10.3. The number of carboxylic acid groups (broad SMARTS) is 1. The molecule has 26 N–H and O–H groups in total. The number of hydrogen-bond donors (Lipinski definition) is 18. The van der Waals surface area contributed by atoms with Crippen LogP contribution in [0.25, 0.3) is 10.9 Å². The standard InChI is InChI=1S/C64H105N21O10/c1-6-9-10-11-15-30-50(86)78-48(35-40-22-13-12-14-23-40)56(90)83-49(36-41-37-77-43-25-17-16-24-42(41)43)57(91)79-45(27-19-32-74-62(67)68)54(88)84-52(39(5)8-3)59(93)81-46(28-20-33-75-63(69)70)55(89)85-51(38(4)7-2)58(92)80-44(26-18-31-73-61(65)66)53(87)82-47(60(94)95)29-21-34-76-64(71)72/h12-14,16-17,22-25,37-39,44-49,51-52,77H,6-11,15,18-21,26-36H2,1-5H3,(H,78,86)(H,79,91)(H,80,92)(H,81,93)(H,82,87)(H,83,90)(H,84,88)(H,85,89)(H,94,95)(H4,65,66,73)(H4,67,68,74)(H4,69,70,75)(H4,71,72,76)/t38-,39-,44-,45-,46-,47-,48-,49-,51-,52-/m0/s1. The lowest BCUT2D eigenvalue weighted by Gasteiger charge is -2.31. The highest BCUT2D eigenvalue weighted by Gasteiger charge is 2.37. The van der Waals surface area contributed by atoms with Crippen molar-refractivity contribution >= 4 is 88.0 Å². The van der Waals surface area contributed by atoms with Gasteiger partial charge < -0.3 is 98.5 Å². The molecular formula is C64H105N21O10. The highest BCUT2D eigenvalue weighted by molar-refractivity contribution is 5.98. The van der Waals surface area contributed by atoms with Crippen LogP contribution in [0.3, 0.4) is 0 Å². The molecule has 0 saturated heterocycles. The third kappa shape index (κ3) is 30.3. The molecule has 0 aliphatic heterocycles. The number of carbonyl (C=O) groups excluding carboxylic acids is 8. The summed E-state index contributed by atoms with van der Waals surface area (Å²) in [6, 6.07) is 5.82. The maximum atomic E-state index is 15.0. The molecule has 2 aromatic carbocycles. The van der Waals surface area contributed by atoms with Crippen LogP contribution in [-0.2, 0) is 56.0 Å². The molecular weight excluding hydrogens is 1220 g/mol. The summed E-state index contributed by atoms with van der Waals surface area (Å²) in [4.78, 5) is 147. The van der Waals surface area contributed by atoms with Gasteiger partial charge in [0.2, 0.25) is 47.3 Å². The van der Waals surface area contributed by atoms with Crippen LogP contribution in [-0.4, -0.2) is 162 Å². The van der Waals surface area contributed by atoms with Crippen LogP contribution in [0, 0.1) is 11.8 Å². The Morgan fingerprint density at radius 1 is 0.432 bits per heavy atom. The van der Waals surface area contributed by atoms with Crippen molar-refractivity contribution in [3.8, 4) is 0 Å². The molecule has 95 heavy (non-hydrogen) atoms. The van der Waals surface area contributed by atoms with Gasteiger partial charge in [0.25, 0.3) is 0 Å². The summed E-state index contributed by atoms with van der Waals surface area (Å²) in [6.07, 6.45) is 7.43. The number of fused-ring (bicyclic) bond motifs is 1. The molecule has 1 heterocycles. The van der Waals surface area contributed by atoms with Gasteiger partial charge in [-0.25, -0.2) is 4.79 Å². The summed E-state index contributed by atoms with van der Waals surface area (Å²) in [6.45, 7) is 9.23. The number of aromatic nitrogens is 1. The van der Waals surface area contributed by atoms with Crippen LogP contribution in [0.15, 0.2) is 80.8 Å². The maximum absolute atomic E-state index is 15.0. The van der Waals surface area contributed by atoms with Gasteiger partial charge in [0.05, 0.1) is 0 Å². The van der Waals surface area contributed by atoms with Crippen LogP contribution < -0.4 is 88.4 Å². The highest BCUT2D eigenvalue weighted by atomic mass is 16.4. The predicted molar refractivity (Wildman–Crippen MR) is 367 cm³/mol. The minimum absolute atomic E-state index is 0.0234. The van der Waals surface area contributed by atoms with E-state index in [0.717, 1.165) is 42.1 Å². The van der Waals surface area contributed by atoms with E-state index >= 15 is 4.79 Å². The Morgan fingerprint density at radius 2 is 0.811 bits per heavy atom. The van der Waals surface area contributed by atoms with Crippen LogP contribution in [0.5, 0.6) is 0 Å². The molecule has 526 valence electrons. The van der Waals surface area contributed by atoms with E-state index in [1.165, 1.54) is 0 Å². The van der Waals surface area contributed by atoms with Gasteiger partial charge in [-0.2, -0.15) is 0 Å². The van der Waals surface area contributed by atoms with Crippen molar-refractivity contribution in [2.45, 2.75) is 199 Å². The van der Waals surface area contributed by atoms with Gasteiger partial charge in [-0.15, -0.1) is 0 Å². The molecule has 0 spiro atoms. The maximum Gasteiger partial charge on any atom is 0.326 e. The molecule has 3 aromatic rings. The van der Waals surface area contributed by atoms with Crippen LogP contribution in [0.4, 0.5) is 0 Å². The van der Waals surface area contributed by atoms with E-state index < -0.39 is 107 Å². The van der Waals surface area contributed by atoms with Gasteiger partial charge in [0, 0.05) is 62.5 Å². The number of unbranched alkanes of at least 4 members (excludes halogenated alkanes) is 4. The monoisotopic (exact) mass is 1330 g/mol. The molecule has 31 nitrogen and oxygen atoms in total. The lowest BCUT2D eigenvalue weighted by molar-refractivity contribution is -0.142. The van der Waals surface area contributed by atoms with E-state index in [9.17, 15) is 43.5 Å². The van der Waals surface area contributed by atoms with Crippen molar-refractivity contribution in [2.75, 3.05) is 26.2 Å². The van der Waals surface area contributed by atoms with Gasteiger partial charge >= 0.3 is 5.97 Å². The van der Waals surface area contributed by atoms with Crippen molar-refractivity contribution in [1.82, 2.24) is 47.5 Å². The van der Waals surface area contributed by atoms with Crippen molar-refractivity contribution < 1.29 is 48.3 Å². The molecule has 0 saturated carbocycles. The van der Waals surface area contributed by atoms with Gasteiger partial charge in [-0.3, -0.25) is 58.3 Å². The molecule has 0 radical (unpaired) electrons. The van der Waals surface area contributed by atoms with E-state index in [1.54, 1.807) is 33.9 Å². The number of H-pyrrole nitrogens is 1. The van der Waals surface area contributed by atoms with Gasteiger partial charge in [0.15, 0.2) is 23.8 Å². The number of carbonyl (C=O) groups is 9. The predicted octanol–water partition coefficient (Wildman–Crippen LogP) is -0.417. The molecule has 0 unspecified atom stereocenters. The minimum atomic E-state index is -1.40. The summed E-state index contributed by atoms with van der Waals surface area (Å²) in [5.74, 6) is -9.29.